The zero-order valence-corrected chi connectivity index (χ0v) is 19.4. The van der Waals surface area contributed by atoms with Crippen molar-refractivity contribution in [3.8, 4) is 0 Å². The van der Waals surface area contributed by atoms with Gasteiger partial charge in [0.15, 0.2) is 0 Å². The topological polar surface area (TPSA) is 76.2 Å². The van der Waals surface area contributed by atoms with Crippen molar-refractivity contribution in [3.05, 3.63) is 108 Å². The number of nitrogens with zero attached hydrogens (tertiary/aromatic N) is 2. The van der Waals surface area contributed by atoms with Crippen LogP contribution < -0.4 is 0 Å². The molecule has 35 heavy (non-hydrogen) atoms. The lowest BCUT2D eigenvalue weighted by Crippen LogP contribution is -2.54. The van der Waals surface area contributed by atoms with Crippen molar-refractivity contribution in [2.75, 3.05) is 13.1 Å². The lowest BCUT2D eigenvalue weighted by Gasteiger charge is -2.38. The second kappa shape index (κ2) is 11.8. The van der Waals surface area contributed by atoms with Gasteiger partial charge < -0.3 is 9.47 Å². The molecule has 180 valence electrons. The van der Waals surface area contributed by atoms with Gasteiger partial charge in [-0.15, -0.1) is 0 Å². The van der Waals surface area contributed by atoms with Crippen molar-refractivity contribution >= 4 is 18.0 Å². The first-order chi connectivity index (χ1) is 17.1. The van der Waals surface area contributed by atoms with Gasteiger partial charge >= 0.3 is 12.1 Å². The smallest absolute Gasteiger partial charge is 0.429 e. The van der Waals surface area contributed by atoms with E-state index in [0.717, 1.165) is 24.0 Å². The summed E-state index contributed by atoms with van der Waals surface area (Å²) < 4.78 is 11.2. The molecule has 2 amide bonds. The lowest BCUT2D eigenvalue weighted by atomic mass is 10.1. The van der Waals surface area contributed by atoms with E-state index in [1.807, 2.05) is 66.7 Å². The van der Waals surface area contributed by atoms with Crippen LogP contribution in [0.2, 0.25) is 0 Å². The monoisotopic (exact) mass is 472 g/mol. The van der Waals surface area contributed by atoms with Crippen molar-refractivity contribution in [1.29, 1.82) is 0 Å². The number of hydrazine groups is 1. The van der Waals surface area contributed by atoms with Crippen LogP contribution in [0, 0.1) is 0 Å². The Morgan fingerprint density at radius 3 is 1.89 bits per heavy atom. The Hall–Kier alpha value is -4.13. The molecule has 0 radical (unpaired) electrons. The number of ether oxygens (including phenoxy) is 2. The zero-order chi connectivity index (χ0) is 24.5. The van der Waals surface area contributed by atoms with Gasteiger partial charge in [0.1, 0.15) is 6.61 Å². The molecule has 0 unspecified atom stereocenters. The Balaban J connectivity index is 1.48. The average molecular weight is 473 g/mol. The highest BCUT2D eigenvalue weighted by Gasteiger charge is 2.34. The van der Waals surface area contributed by atoms with Crippen LogP contribution in [-0.4, -0.2) is 47.2 Å². The van der Waals surface area contributed by atoms with Crippen molar-refractivity contribution in [1.82, 2.24) is 10.0 Å². The Kier molecular flexibility index (Phi) is 8.12. The first kappa shape index (κ1) is 24.0. The van der Waals surface area contributed by atoms with E-state index >= 15 is 0 Å². The number of amides is 2. The normalized spacial score (nSPS) is 14.2. The first-order valence-electron chi connectivity index (χ1n) is 11.7. The number of esters is 1. The maximum absolute atomic E-state index is 13.2. The van der Waals surface area contributed by atoms with E-state index in [4.69, 9.17) is 9.47 Å². The maximum atomic E-state index is 13.2. The Labute approximate surface area is 204 Å². The summed E-state index contributed by atoms with van der Waals surface area (Å²) in [5, 5.41) is 2.69. The molecule has 1 fully saturated rings. The highest BCUT2D eigenvalue weighted by molar-refractivity contribution is 5.95. The molecule has 7 nitrogen and oxygen atoms in total. The largest absolute Gasteiger partial charge is 0.458 e. The van der Waals surface area contributed by atoms with E-state index in [9.17, 15) is 14.4 Å². The average Bonchev–Trinajstić information content (AvgIpc) is 2.92. The molecule has 0 aromatic heterocycles. The minimum atomic E-state index is -1.15. The van der Waals surface area contributed by atoms with E-state index in [0.29, 0.717) is 18.7 Å². The summed E-state index contributed by atoms with van der Waals surface area (Å²) in [5.74, 6) is -0.919. The minimum absolute atomic E-state index is 0.0743. The molecule has 0 N–H and O–H groups in total. The van der Waals surface area contributed by atoms with Crippen LogP contribution in [0.4, 0.5) is 4.79 Å². The van der Waals surface area contributed by atoms with Gasteiger partial charge in [-0.2, -0.15) is 0 Å². The molecule has 1 saturated heterocycles. The van der Waals surface area contributed by atoms with Crippen LogP contribution in [0.5, 0.6) is 0 Å². The highest BCUT2D eigenvalue weighted by atomic mass is 16.6. The molecular formula is C28H28N2O5. The number of rotatable bonds is 7. The van der Waals surface area contributed by atoms with E-state index < -0.39 is 18.2 Å². The molecule has 0 saturated carbocycles. The van der Waals surface area contributed by atoms with Gasteiger partial charge in [-0.3, -0.25) is 4.79 Å². The molecule has 1 aliphatic rings. The third kappa shape index (κ3) is 6.47. The Bertz CT molecular complexity index is 1120. The van der Waals surface area contributed by atoms with E-state index in [1.54, 1.807) is 24.3 Å². The molecule has 0 bridgehead atoms. The minimum Gasteiger partial charge on any atom is -0.458 e. The van der Waals surface area contributed by atoms with Crippen LogP contribution in [0.15, 0.2) is 91.0 Å². The van der Waals surface area contributed by atoms with Crippen LogP contribution in [0.1, 0.15) is 34.3 Å². The molecule has 4 rings (SSSR count). The number of hydrogen-bond donors (Lipinski definition) is 0. The predicted molar refractivity (Wildman–Crippen MR) is 130 cm³/mol. The maximum Gasteiger partial charge on any atom is 0.429 e. The fraction of sp³-hybridized carbons (Fsp3) is 0.250. The highest BCUT2D eigenvalue weighted by Crippen LogP contribution is 2.18. The van der Waals surface area contributed by atoms with E-state index in [-0.39, 0.29) is 18.9 Å². The standard InChI is InChI=1S/C28H28N2O5/c31-26(24-16-8-3-9-17-24)29-18-10-11-19-30(29)28(33)35-25(20-22-12-4-1-5-13-22)27(32)34-21-23-14-6-2-7-15-23/h1-9,12-17,25H,10-11,18-21H2/t25-/m0/s1. The summed E-state index contributed by atoms with van der Waals surface area (Å²) in [5.41, 5.74) is 2.15. The van der Waals surface area contributed by atoms with Crippen LogP contribution in [0.3, 0.4) is 0 Å². The molecular weight excluding hydrogens is 444 g/mol. The second-order valence-electron chi connectivity index (χ2n) is 8.28. The van der Waals surface area contributed by atoms with Crippen molar-refractivity contribution in [2.24, 2.45) is 0 Å². The second-order valence-corrected chi connectivity index (χ2v) is 8.28. The van der Waals surface area contributed by atoms with Gasteiger partial charge in [0.05, 0.1) is 0 Å². The molecule has 1 aliphatic heterocycles. The summed E-state index contributed by atoms with van der Waals surface area (Å²) in [6, 6.07) is 27.4. The summed E-state index contributed by atoms with van der Waals surface area (Å²) in [6.45, 7) is 0.796. The van der Waals surface area contributed by atoms with Crippen LogP contribution >= 0.6 is 0 Å². The van der Waals surface area contributed by atoms with Gasteiger partial charge in [0, 0.05) is 25.1 Å². The number of benzene rings is 3. The molecule has 1 atom stereocenters. The summed E-state index contributed by atoms with van der Waals surface area (Å²) >= 11 is 0. The van der Waals surface area contributed by atoms with Crippen LogP contribution in [0.25, 0.3) is 0 Å². The van der Waals surface area contributed by atoms with E-state index in [2.05, 4.69) is 0 Å². The molecule has 1 heterocycles. The van der Waals surface area contributed by atoms with Crippen molar-refractivity contribution < 1.29 is 23.9 Å². The van der Waals surface area contributed by atoms with Gasteiger partial charge in [0.2, 0.25) is 6.10 Å². The molecule has 0 aliphatic carbocycles. The van der Waals surface area contributed by atoms with Crippen LogP contribution in [-0.2, 0) is 27.3 Å². The third-order valence-corrected chi connectivity index (χ3v) is 5.74. The van der Waals surface area contributed by atoms with Gasteiger partial charge in [-0.1, -0.05) is 78.9 Å². The third-order valence-electron chi connectivity index (χ3n) is 5.74. The molecule has 3 aromatic carbocycles. The fourth-order valence-corrected chi connectivity index (χ4v) is 3.90. The summed E-state index contributed by atoms with van der Waals surface area (Å²) in [6.07, 6.45) is -0.221. The fourth-order valence-electron chi connectivity index (χ4n) is 3.90. The van der Waals surface area contributed by atoms with Gasteiger partial charge in [-0.05, 0) is 36.1 Å². The quantitative estimate of drug-likeness (QED) is 0.469. The first-order valence-corrected chi connectivity index (χ1v) is 11.7. The Morgan fingerprint density at radius 1 is 0.714 bits per heavy atom. The number of hydrogen-bond acceptors (Lipinski definition) is 5. The SMILES string of the molecule is O=C(OCc1ccccc1)[C@H](Cc1ccccc1)OC(=O)N1CCCCN1C(=O)c1ccccc1. The van der Waals surface area contributed by atoms with E-state index in [1.165, 1.54) is 10.0 Å². The van der Waals surface area contributed by atoms with Crippen molar-refractivity contribution in [3.63, 3.8) is 0 Å². The molecule has 3 aromatic rings. The molecule has 0 spiro atoms. The predicted octanol–water partition coefficient (Wildman–Crippen LogP) is 4.63. The van der Waals surface area contributed by atoms with Gasteiger partial charge in [0.25, 0.3) is 5.91 Å². The molecule has 7 heteroatoms. The van der Waals surface area contributed by atoms with Crippen molar-refractivity contribution in [2.45, 2.75) is 32.0 Å². The lowest BCUT2D eigenvalue weighted by molar-refractivity contribution is -0.156. The number of carbonyl (C=O) groups excluding carboxylic acids is 3. The Morgan fingerprint density at radius 2 is 1.26 bits per heavy atom. The van der Waals surface area contributed by atoms with Gasteiger partial charge in [-0.25, -0.2) is 19.6 Å². The summed E-state index contributed by atoms with van der Waals surface area (Å²) in [4.78, 5) is 39.3. The number of carbonyl (C=O) groups is 3. The summed E-state index contributed by atoms with van der Waals surface area (Å²) in [7, 11) is 0. The zero-order valence-electron chi connectivity index (χ0n) is 19.4.